The first-order valence-electron chi connectivity index (χ1n) is 14.4. The van der Waals surface area contributed by atoms with Gasteiger partial charge in [-0.05, 0) is 75.7 Å². The van der Waals surface area contributed by atoms with Gasteiger partial charge in [-0.3, -0.25) is 4.98 Å². The number of benzene rings is 1. The van der Waals surface area contributed by atoms with Crippen LogP contribution in [0.1, 0.15) is 78.7 Å². The van der Waals surface area contributed by atoms with Gasteiger partial charge in [-0.2, -0.15) is 5.10 Å². The Kier molecular flexibility index (Phi) is 9.45. The maximum absolute atomic E-state index is 12.8. The summed E-state index contributed by atoms with van der Waals surface area (Å²) in [6, 6.07) is 18.2. The fraction of sp³-hybridized carbons (Fsp3) is 0.469. The molecule has 0 aliphatic carbocycles. The second-order valence-corrected chi connectivity index (χ2v) is 20.0. The molecule has 0 aliphatic rings. The standard InChI is InChI=1S/C32H45N5O2SSi/c1-10-13-28(36-40(38)31(2,3)4)27-16-12-15-26(34-27)23-18-19-24-21-37(35-29(24)20-23)30-17-11-14-25(33-30)22-39-41(8,9)32(5,6)7/h11-12,14-21,28,36H,10,13,22H2,1-9H3/t28-,40?/m1/s1. The molecule has 220 valence electrons. The second kappa shape index (κ2) is 12.4. The van der Waals surface area contributed by atoms with E-state index in [-0.39, 0.29) is 15.8 Å². The lowest BCUT2D eigenvalue weighted by molar-refractivity contribution is 0.272. The van der Waals surface area contributed by atoms with E-state index in [0.29, 0.717) is 6.61 Å². The summed E-state index contributed by atoms with van der Waals surface area (Å²) in [7, 11) is -1.87. The van der Waals surface area contributed by atoms with Gasteiger partial charge in [-0.15, -0.1) is 4.72 Å². The first-order chi connectivity index (χ1) is 19.2. The van der Waals surface area contributed by atoms with Crippen molar-refractivity contribution >= 4 is 30.6 Å². The van der Waals surface area contributed by atoms with E-state index in [9.17, 15) is 4.55 Å². The van der Waals surface area contributed by atoms with Crippen molar-refractivity contribution in [1.29, 1.82) is 0 Å². The summed E-state index contributed by atoms with van der Waals surface area (Å²) in [5.41, 5.74) is 4.52. The number of hydrogen-bond acceptors (Lipinski definition) is 6. The molecule has 41 heavy (non-hydrogen) atoms. The third-order valence-electron chi connectivity index (χ3n) is 7.73. The van der Waals surface area contributed by atoms with Crippen molar-refractivity contribution < 1.29 is 8.98 Å². The van der Waals surface area contributed by atoms with Crippen LogP contribution in [0, 0.1) is 0 Å². The Bertz CT molecular complexity index is 1470. The lowest BCUT2D eigenvalue weighted by Crippen LogP contribution is -2.41. The predicted octanol–water partition coefficient (Wildman–Crippen LogP) is 7.90. The molecule has 0 bridgehead atoms. The molecule has 1 unspecified atom stereocenters. The number of hydrogen-bond donors (Lipinski definition) is 1. The van der Waals surface area contributed by atoms with Gasteiger partial charge in [0.05, 0.1) is 35.2 Å². The largest absolute Gasteiger partial charge is 0.598 e. The summed E-state index contributed by atoms with van der Waals surface area (Å²) in [6.07, 6.45) is 3.83. The normalized spacial score (nSPS) is 14.4. The van der Waals surface area contributed by atoms with Crippen molar-refractivity contribution in [1.82, 2.24) is 24.5 Å². The monoisotopic (exact) mass is 591 g/mol. The number of fused-ring (bicyclic) bond motifs is 1. The molecule has 0 fully saturated rings. The summed E-state index contributed by atoms with van der Waals surface area (Å²) in [4.78, 5) is 9.83. The van der Waals surface area contributed by atoms with E-state index in [4.69, 9.17) is 19.5 Å². The Morgan fingerprint density at radius 3 is 2.41 bits per heavy atom. The van der Waals surface area contributed by atoms with E-state index >= 15 is 0 Å². The molecule has 2 atom stereocenters. The van der Waals surface area contributed by atoms with Crippen LogP contribution in [0.4, 0.5) is 0 Å². The Hall–Kier alpha value is -2.56. The number of nitrogens with zero attached hydrogens (tertiary/aromatic N) is 4. The SMILES string of the molecule is CCC[C@@H](N[S+]([O-])C(C)(C)C)c1cccc(-c2ccc3cn(-c4cccc(CO[Si](C)(C)C(C)(C)C)n4)nc3c2)n1. The topological polar surface area (TPSA) is 87.9 Å². The maximum atomic E-state index is 12.8. The molecule has 3 aromatic heterocycles. The van der Waals surface area contributed by atoms with E-state index in [2.05, 4.69) is 63.7 Å². The van der Waals surface area contributed by atoms with Gasteiger partial charge in [0.15, 0.2) is 14.1 Å². The van der Waals surface area contributed by atoms with E-state index in [1.807, 2.05) is 68.0 Å². The number of aromatic nitrogens is 4. The summed E-state index contributed by atoms with van der Waals surface area (Å²) in [6.45, 7) is 19.8. The zero-order chi connectivity index (χ0) is 30.0. The Labute approximate surface area is 249 Å². The Morgan fingerprint density at radius 1 is 1.00 bits per heavy atom. The van der Waals surface area contributed by atoms with Crippen LogP contribution in [0.3, 0.4) is 0 Å². The maximum Gasteiger partial charge on any atom is 0.192 e. The highest BCUT2D eigenvalue weighted by Crippen LogP contribution is 2.37. The second-order valence-electron chi connectivity index (χ2n) is 13.2. The van der Waals surface area contributed by atoms with Crippen LogP contribution in [0.5, 0.6) is 0 Å². The zero-order valence-electron chi connectivity index (χ0n) is 26.0. The molecule has 0 saturated carbocycles. The van der Waals surface area contributed by atoms with Gasteiger partial charge in [-0.1, -0.05) is 58.4 Å². The smallest absolute Gasteiger partial charge is 0.192 e. The average Bonchev–Trinajstić information content (AvgIpc) is 3.34. The van der Waals surface area contributed by atoms with E-state index in [0.717, 1.165) is 52.2 Å². The van der Waals surface area contributed by atoms with Crippen LogP contribution in [0.15, 0.2) is 60.8 Å². The average molecular weight is 592 g/mol. The molecule has 1 N–H and O–H groups in total. The molecular weight excluding hydrogens is 547 g/mol. The molecule has 1 aromatic carbocycles. The van der Waals surface area contributed by atoms with Gasteiger partial charge in [0.25, 0.3) is 0 Å². The van der Waals surface area contributed by atoms with Gasteiger partial charge >= 0.3 is 0 Å². The third-order valence-corrected chi connectivity index (χ3v) is 13.8. The highest BCUT2D eigenvalue weighted by atomic mass is 32.2. The first kappa shape index (κ1) is 31.4. The van der Waals surface area contributed by atoms with E-state index < -0.39 is 19.7 Å². The third kappa shape index (κ3) is 7.64. The van der Waals surface area contributed by atoms with E-state index in [1.54, 1.807) is 0 Å². The van der Waals surface area contributed by atoms with E-state index in [1.165, 1.54) is 0 Å². The fourth-order valence-electron chi connectivity index (χ4n) is 4.11. The summed E-state index contributed by atoms with van der Waals surface area (Å²) in [5.74, 6) is 0.763. The van der Waals surface area contributed by atoms with Gasteiger partial charge in [-0.25, -0.2) is 9.67 Å². The summed E-state index contributed by atoms with van der Waals surface area (Å²) >= 11 is -1.18. The molecule has 7 nitrogen and oxygen atoms in total. The van der Waals surface area contributed by atoms with Crippen molar-refractivity contribution in [3.8, 4) is 17.1 Å². The molecule has 0 amide bonds. The minimum absolute atomic E-state index is 0.0816. The number of nitrogens with one attached hydrogen (secondary N) is 1. The van der Waals surface area contributed by atoms with Crippen LogP contribution in [0.2, 0.25) is 18.1 Å². The lowest BCUT2D eigenvalue weighted by Gasteiger charge is -2.36. The molecule has 4 rings (SSSR count). The minimum Gasteiger partial charge on any atom is -0.598 e. The fourth-order valence-corrected chi connectivity index (χ4v) is 5.90. The van der Waals surface area contributed by atoms with Crippen molar-refractivity contribution in [2.45, 2.75) is 96.8 Å². The predicted molar refractivity (Wildman–Crippen MR) is 173 cm³/mol. The number of rotatable bonds is 10. The van der Waals surface area contributed by atoms with Crippen LogP contribution < -0.4 is 4.72 Å². The molecule has 3 heterocycles. The van der Waals surface area contributed by atoms with Crippen molar-refractivity contribution in [2.75, 3.05) is 0 Å². The summed E-state index contributed by atoms with van der Waals surface area (Å²) in [5, 5.41) is 6.03. The van der Waals surface area contributed by atoms with Crippen LogP contribution in [-0.4, -0.2) is 37.4 Å². The Balaban J connectivity index is 1.57. The first-order valence-corrected chi connectivity index (χ1v) is 18.5. The van der Waals surface area contributed by atoms with Crippen LogP contribution in [0.25, 0.3) is 28.0 Å². The van der Waals surface area contributed by atoms with Crippen LogP contribution in [-0.2, 0) is 22.4 Å². The molecular formula is C32H45N5O2SSi. The molecule has 0 spiro atoms. The van der Waals surface area contributed by atoms with Crippen molar-refractivity contribution in [2.24, 2.45) is 0 Å². The highest BCUT2D eigenvalue weighted by molar-refractivity contribution is 7.90. The Morgan fingerprint density at radius 2 is 1.73 bits per heavy atom. The van der Waals surface area contributed by atoms with Gasteiger partial charge in [0.2, 0.25) is 0 Å². The molecule has 4 aromatic rings. The molecule has 0 aliphatic heterocycles. The van der Waals surface area contributed by atoms with Crippen LogP contribution >= 0.6 is 0 Å². The van der Waals surface area contributed by atoms with Gasteiger partial charge in [0.1, 0.15) is 4.75 Å². The molecule has 0 saturated heterocycles. The quantitative estimate of drug-likeness (QED) is 0.149. The lowest BCUT2D eigenvalue weighted by atomic mass is 10.1. The number of pyridine rings is 2. The van der Waals surface area contributed by atoms with Crippen molar-refractivity contribution in [3.63, 3.8) is 0 Å². The van der Waals surface area contributed by atoms with Crippen molar-refractivity contribution in [3.05, 3.63) is 72.2 Å². The zero-order valence-corrected chi connectivity index (χ0v) is 27.8. The molecule has 9 heteroatoms. The van der Waals surface area contributed by atoms with Gasteiger partial charge < -0.3 is 8.98 Å². The van der Waals surface area contributed by atoms with Gasteiger partial charge in [0, 0.05) is 28.5 Å². The molecule has 0 radical (unpaired) electrons. The summed E-state index contributed by atoms with van der Waals surface area (Å²) < 4.78 is 24.0. The minimum atomic E-state index is -1.87. The highest BCUT2D eigenvalue weighted by Gasteiger charge is 2.37.